The van der Waals surface area contributed by atoms with Gasteiger partial charge in [-0.3, -0.25) is 9.59 Å². The summed E-state index contributed by atoms with van der Waals surface area (Å²) in [5, 5.41) is 0. The van der Waals surface area contributed by atoms with Crippen LogP contribution < -0.4 is 0 Å². The standard InChI is InChI=1S/C20H33N3O2/c1-5-6-13-22(14-18-11-8-12-21(18)4)19(24)15-23(16(2)3)20(25)17-9-7-10-17/h8,11-12,16-17H,5-7,9-10,13-15H2,1-4H3. The lowest BCUT2D eigenvalue weighted by Crippen LogP contribution is -2.49. The third kappa shape index (κ3) is 5.10. The van der Waals surface area contributed by atoms with E-state index >= 15 is 0 Å². The number of rotatable bonds is 9. The highest BCUT2D eigenvalue weighted by Gasteiger charge is 2.32. The Labute approximate surface area is 152 Å². The summed E-state index contributed by atoms with van der Waals surface area (Å²) in [5.74, 6) is 0.340. The first-order valence-electron chi connectivity index (χ1n) is 9.62. The van der Waals surface area contributed by atoms with Crippen LogP contribution in [0.4, 0.5) is 0 Å². The smallest absolute Gasteiger partial charge is 0.242 e. The zero-order chi connectivity index (χ0) is 18.4. The first kappa shape index (κ1) is 19.5. The minimum atomic E-state index is 0.0519. The van der Waals surface area contributed by atoms with Gasteiger partial charge in [0.1, 0.15) is 0 Å². The van der Waals surface area contributed by atoms with E-state index in [4.69, 9.17) is 0 Å². The molecule has 0 N–H and O–H groups in total. The molecule has 5 nitrogen and oxygen atoms in total. The molecule has 0 aromatic carbocycles. The lowest BCUT2D eigenvalue weighted by molar-refractivity contribution is -0.146. The van der Waals surface area contributed by atoms with Crippen LogP contribution in [0.5, 0.6) is 0 Å². The molecule has 0 atom stereocenters. The Balaban J connectivity index is 2.05. The van der Waals surface area contributed by atoms with Crippen LogP contribution in [0, 0.1) is 5.92 Å². The van der Waals surface area contributed by atoms with Gasteiger partial charge in [-0.2, -0.15) is 0 Å². The average Bonchev–Trinajstić information content (AvgIpc) is 2.91. The quantitative estimate of drug-likeness (QED) is 0.689. The van der Waals surface area contributed by atoms with E-state index < -0.39 is 0 Å². The average molecular weight is 348 g/mol. The largest absolute Gasteiger partial charge is 0.353 e. The van der Waals surface area contributed by atoms with E-state index in [9.17, 15) is 9.59 Å². The monoisotopic (exact) mass is 347 g/mol. The molecule has 0 radical (unpaired) electrons. The van der Waals surface area contributed by atoms with E-state index in [0.717, 1.165) is 44.3 Å². The number of hydrogen-bond acceptors (Lipinski definition) is 2. The zero-order valence-electron chi connectivity index (χ0n) is 16.2. The first-order chi connectivity index (χ1) is 11.9. The van der Waals surface area contributed by atoms with Crippen LogP contribution in [0.15, 0.2) is 18.3 Å². The molecule has 1 aromatic heterocycles. The third-order valence-electron chi connectivity index (χ3n) is 5.20. The van der Waals surface area contributed by atoms with Crippen molar-refractivity contribution >= 4 is 11.8 Å². The van der Waals surface area contributed by atoms with Gasteiger partial charge < -0.3 is 14.4 Å². The number of carbonyl (C=O) groups is 2. The van der Waals surface area contributed by atoms with E-state index in [1.54, 1.807) is 4.90 Å². The van der Waals surface area contributed by atoms with Crippen molar-refractivity contribution in [1.82, 2.24) is 14.4 Å². The Kier molecular flexibility index (Phi) is 7.09. The third-order valence-corrected chi connectivity index (χ3v) is 5.20. The Bertz CT molecular complexity index is 575. The normalized spacial score (nSPS) is 14.4. The highest BCUT2D eigenvalue weighted by molar-refractivity contribution is 5.86. The molecule has 1 aromatic rings. The van der Waals surface area contributed by atoms with Crippen molar-refractivity contribution in [2.24, 2.45) is 13.0 Å². The summed E-state index contributed by atoms with van der Waals surface area (Å²) in [4.78, 5) is 29.3. The van der Waals surface area contributed by atoms with Crippen LogP contribution in [0.3, 0.4) is 0 Å². The van der Waals surface area contributed by atoms with Crippen molar-refractivity contribution < 1.29 is 9.59 Å². The lowest BCUT2D eigenvalue weighted by Gasteiger charge is -2.35. The van der Waals surface area contributed by atoms with Gasteiger partial charge in [0.15, 0.2) is 0 Å². The number of unbranched alkanes of at least 4 members (excludes halogenated alkanes) is 1. The Morgan fingerprint density at radius 1 is 1.32 bits per heavy atom. The van der Waals surface area contributed by atoms with Crippen LogP contribution in [0.2, 0.25) is 0 Å². The fraction of sp³-hybridized carbons (Fsp3) is 0.700. The molecule has 0 spiro atoms. The van der Waals surface area contributed by atoms with Gasteiger partial charge in [-0.1, -0.05) is 19.8 Å². The van der Waals surface area contributed by atoms with Crippen molar-refractivity contribution in [3.63, 3.8) is 0 Å². The maximum atomic E-state index is 13.0. The Morgan fingerprint density at radius 2 is 2.04 bits per heavy atom. The van der Waals surface area contributed by atoms with E-state index in [1.807, 2.05) is 48.7 Å². The van der Waals surface area contributed by atoms with Gasteiger partial charge >= 0.3 is 0 Å². The molecule has 2 rings (SSSR count). The summed E-state index contributed by atoms with van der Waals surface area (Å²) in [6, 6.07) is 4.10. The molecule has 140 valence electrons. The number of amides is 2. The number of nitrogens with zero attached hydrogens (tertiary/aromatic N) is 3. The SMILES string of the molecule is CCCCN(Cc1cccn1C)C(=O)CN(C(=O)C1CCC1)C(C)C. The van der Waals surface area contributed by atoms with Crippen LogP contribution in [0.1, 0.15) is 58.6 Å². The van der Waals surface area contributed by atoms with Gasteiger partial charge in [-0.15, -0.1) is 0 Å². The summed E-state index contributed by atoms with van der Waals surface area (Å²) in [6.07, 6.45) is 7.10. The second-order valence-electron chi connectivity index (χ2n) is 7.47. The molecule has 0 bridgehead atoms. The molecule has 0 aliphatic heterocycles. The van der Waals surface area contributed by atoms with Crippen molar-refractivity contribution in [2.75, 3.05) is 13.1 Å². The summed E-state index contributed by atoms with van der Waals surface area (Å²) < 4.78 is 2.05. The minimum Gasteiger partial charge on any atom is -0.353 e. The summed E-state index contributed by atoms with van der Waals surface area (Å²) in [5.41, 5.74) is 1.12. The van der Waals surface area contributed by atoms with Crippen LogP contribution in [-0.4, -0.2) is 45.3 Å². The number of aryl methyl sites for hydroxylation is 1. The summed E-state index contributed by atoms with van der Waals surface area (Å²) in [6.45, 7) is 7.66. The molecule has 0 unspecified atom stereocenters. The van der Waals surface area contributed by atoms with E-state index in [-0.39, 0.29) is 30.3 Å². The molecule has 2 amide bonds. The molecule has 1 aliphatic carbocycles. The Morgan fingerprint density at radius 3 is 2.52 bits per heavy atom. The van der Waals surface area contributed by atoms with E-state index in [1.165, 1.54) is 0 Å². The van der Waals surface area contributed by atoms with Crippen LogP contribution in [-0.2, 0) is 23.2 Å². The molecule has 1 fully saturated rings. The number of carbonyl (C=O) groups excluding carboxylic acids is 2. The van der Waals surface area contributed by atoms with E-state index in [0.29, 0.717) is 6.54 Å². The maximum Gasteiger partial charge on any atom is 0.242 e. The van der Waals surface area contributed by atoms with Gasteiger partial charge in [0.25, 0.3) is 0 Å². The van der Waals surface area contributed by atoms with Crippen LogP contribution >= 0.6 is 0 Å². The molecular weight excluding hydrogens is 314 g/mol. The predicted molar refractivity (Wildman–Crippen MR) is 99.9 cm³/mol. The highest BCUT2D eigenvalue weighted by atomic mass is 16.2. The predicted octanol–water partition coefficient (Wildman–Crippen LogP) is 3.19. The molecule has 1 saturated carbocycles. The van der Waals surface area contributed by atoms with Gasteiger partial charge in [0.2, 0.25) is 11.8 Å². The van der Waals surface area contributed by atoms with Gasteiger partial charge in [-0.25, -0.2) is 0 Å². The van der Waals surface area contributed by atoms with Crippen molar-refractivity contribution in [3.05, 3.63) is 24.0 Å². The lowest BCUT2D eigenvalue weighted by atomic mass is 9.84. The first-order valence-corrected chi connectivity index (χ1v) is 9.62. The molecule has 1 aliphatic rings. The minimum absolute atomic E-state index is 0.0519. The number of hydrogen-bond donors (Lipinski definition) is 0. The second-order valence-corrected chi connectivity index (χ2v) is 7.47. The van der Waals surface area contributed by atoms with Gasteiger partial charge in [0, 0.05) is 37.4 Å². The van der Waals surface area contributed by atoms with Crippen molar-refractivity contribution in [3.8, 4) is 0 Å². The molecule has 1 heterocycles. The summed E-state index contributed by atoms with van der Waals surface area (Å²) >= 11 is 0. The topological polar surface area (TPSA) is 45.6 Å². The van der Waals surface area contributed by atoms with Gasteiger partial charge in [0.05, 0.1) is 13.1 Å². The van der Waals surface area contributed by atoms with Crippen molar-refractivity contribution in [1.29, 1.82) is 0 Å². The summed E-state index contributed by atoms with van der Waals surface area (Å²) in [7, 11) is 2.00. The molecule has 5 heteroatoms. The van der Waals surface area contributed by atoms with Crippen LogP contribution in [0.25, 0.3) is 0 Å². The Hall–Kier alpha value is -1.78. The fourth-order valence-corrected chi connectivity index (χ4v) is 3.15. The fourth-order valence-electron chi connectivity index (χ4n) is 3.15. The zero-order valence-corrected chi connectivity index (χ0v) is 16.2. The molecule has 0 saturated heterocycles. The maximum absolute atomic E-state index is 13.0. The highest BCUT2D eigenvalue weighted by Crippen LogP contribution is 2.29. The second kappa shape index (κ2) is 9.07. The van der Waals surface area contributed by atoms with Gasteiger partial charge in [-0.05, 0) is 45.2 Å². The number of aromatic nitrogens is 1. The molecular formula is C20H33N3O2. The van der Waals surface area contributed by atoms with Crippen molar-refractivity contribution in [2.45, 2.75) is 65.5 Å². The molecule has 25 heavy (non-hydrogen) atoms. The van der Waals surface area contributed by atoms with E-state index in [2.05, 4.69) is 6.92 Å².